The lowest BCUT2D eigenvalue weighted by Crippen LogP contribution is -2.41. The van der Waals surface area contributed by atoms with Gasteiger partial charge in [-0.15, -0.1) is 10.2 Å². The fourth-order valence-electron chi connectivity index (χ4n) is 4.04. The number of benzene rings is 3. The minimum absolute atomic E-state index is 0.0784. The van der Waals surface area contributed by atoms with Gasteiger partial charge in [-0.05, 0) is 42.7 Å². The maximum Gasteiger partial charge on any atom is 0.240 e. The van der Waals surface area contributed by atoms with Crippen molar-refractivity contribution in [1.29, 1.82) is 0 Å². The number of anilines is 1. The van der Waals surface area contributed by atoms with Crippen molar-refractivity contribution in [3.8, 4) is 5.75 Å². The van der Waals surface area contributed by atoms with Crippen LogP contribution in [0.15, 0.2) is 84.0 Å². The molecular weight excluding hydrogens is 458 g/mol. The molecule has 2 atom stereocenters. The van der Waals surface area contributed by atoms with E-state index in [2.05, 4.69) is 59.1 Å². The number of thioether (sulfide) groups is 1. The average Bonchev–Trinajstić information content (AvgIpc) is 3.30. The van der Waals surface area contributed by atoms with E-state index in [1.807, 2.05) is 59.3 Å². The first-order valence-corrected chi connectivity index (χ1v) is 12.5. The summed E-state index contributed by atoms with van der Waals surface area (Å²) in [7, 11) is 0. The Bertz CT molecular complexity index is 1310. The highest BCUT2D eigenvalue weighted by Gasteiger charge is 2.38. The van der Waals surface area contributed by atoms with Gasteiger partial charge in [-0.3, -0.25) is 4.79 Å². The molecule has 0 bridgehead atoms. The van der Waals surface area contributed by atoms with Crippen molar-refractivity contribution in [2.24, 2.45) is 0 Å². The predicted octanol–water partition coefficient (Wildman–Crippen LogP) is 5.13. The van der Waals surface area contributed by atoms with E-state index in [-0.39, 0.29) is 18.6 Å². The molecule has 0 aliphatic carbocycles. The van der Waals surface area contributed by atoms with Crippen molar-refractivity contribution in [3.63, 3.8) is 0 Å². The summed E-state index contributed by atoms with van der Waals surface area (Å²) in [6, 6.07) is 25.5. The van der Waals surface area contributed by atoms with Crippen LogP contribution in [0, 0.1) is 6.92 Å². The molecule has 2 heterocycles. The number of ether oxygens (including phenoxy) is 1. The predicted molar refractivity (Wildman–Crippen MR) is 138 cm³/mol. The number of hydrogen-bond acceptors (Lipinski definition) is 6. The van der Waals surface area contributed by atoms with Crippen LogP contribution in [0.1, 0.15) is 35.5 Å². The van der Waals surface area contributed by atoms with E-state index in [9.17, 15) is 4.79 Å². The Morgan fingerprint density at radius 1 is 1.03 bits per heavy atom. The smallest absolute Gasteiger partial charge is 0.240 e. The topological polar surface area (TPSA) is 81.1 Å². The summed E-state index contributed by atoms with van der Waals surface area (Å²) in [6.07, 6.45) is 0.840. The molecule has 4 aromatic rings. The molecule has 178 valence electrons. The third kappa shape index (κ3) is 5.02. The van der Waals surface area contributed by atoms with Crippen LogP contribution >= 0.6 is 11.8 Å². The van der Waals surface area contributed by atoms with E-state index in [1.165, 1.54) is 11.8 Å². The summed E-state index contributed by atoms with van der Waals surface area (Å²) < 4.78 is 7.74. The van der Waals surface area contributed by atoms with Crippen LogP contribution in [-0.2, 0) is 17.8 Å². The van der Waals surface area contributed by atoms with E-state index < -0.39 is 5.25 Å². The van der Waals surface area contributed by atoms with E-state index in [4.69, 9.17) is 4.74 Å². The van der Waals surface area contributed by atoms with Crippen molar-refractivity contribution < 1.29 is 9.53 Å². The number of amides is 1. The zero-order chi connectivity index (χ0) is 24.2. The van der Waals surface area contributed by atoms with Gasteiger partial charge in [-0.25, -0.2) is 4.68 Å². The Balaban J connectivity index is 1.43. The summed E-state index contributed by atoms with van der Waals surface area (Å²) in [5.41, 5.74) is 7.61. The lowest BCUT2D eigenvalue weighted by molar-refractivity contribution is -0.116. The van der Waals surface area contributed by atoms with Gasteiger partial charge in [0.05, 0.1) is 6.04 Å². The van der Waals surface area contributed by atoms with Crippen molar-refractivity contribution in [2.45, 2.75) is 43.3 Å². The van der Waals surface area contributed by atoms with Gasteiger partial charge >= 0.3 is 0 Å². The number of aryl methyl sites for hydroxylation is 2. The molecule has 7 nitrogen and oxygen atoms in total. The Morgan fingerprint density at radius 3 is 2.54 bits per heavy atom. The van der Waals surface area contributed by atoms with Crippen LogP contribution in [0.3, 0.4) is 0 Å². The zero-order valence-electron chi connectivity index (χ0n) is 19.6. The number of carbonyl (C=O) groups excluding carboxylic acids is 1. The SMILES string of the molecule is CCc1ccccc1NC(=O)C1Sc2nnc(COc3ccccc3)n2NC1c1ccc(C)cc1. The molecule has 2 N–H and O–H groups in total. The molecule has 5 rings (SSSR count). The fraction of sp³-hybridized carbons (Fsp3) is 0.222. The van der Waals surface area contributed by atoms with Crippen LogP contribution in [0.2, 0.25) is 0 Å². The van der Waals surface area contributed by atoms with Gasteiger partial charge in [0.1, 0.15) is 17.6 Å². The van der Waals surface area contributed by atoms with Gasteiger partial charge in [0, 0.05) is 5.69 Å². The molecule has 0 saturated carbocycles. The summed E-state index contributed by atoms with van der Waals surface area (Å²) in [4.78, 5) is 13.6. The molecule has 35 heavy (non-hydrogen) atoms. The zero-order valence-corrected chi connectivity index (χ0v) is 20.5. The maximum absolute atomic E-state index is 13.6. The monoisotopic (exact) mass is 485 g/mol. The van der Waals surface area contributed by atoms with Crippen LogP contribution in [-0.4, -0.2) is 26.0 Å². The van der Waals surface area contributed by atoms with E-state index in [1.54, 1.807) is 0 Å². The van der Waals surface area contributed by atoms with E-state index in [0.29, 0.717) is 11.0 Å². The second kappa shape index (κ2) is 10.2. The lowest BCUT2D eigenvalue weighted by Gasteiger charge is -2.33. The quantitative estimate of drug-likeness (QED) is 0.378. The first kappa shape index (κ1) is 23.0. The molecule has 1 aliphatic rings. The highest BCUT2D eigenvalue weighted by molar-refractivity contribution is 8.00. The maximum atomic E-state index is 13.6. The third-order valence-electron chi connectivity index (χ3n) is 5.97. The number of carbonyl (C=O) groups is 1. The Morgan fingerprint density at radius 2 is 1.77 bits per heavy atom. The number of hydrogen-bond donors (Lipinski definition) is 2. The van der Waals surface area contributed by atoms with E-state index >= 15 is 0 Å². The molecule has 1 amide bonds. The molecular formula is C27H27N5O2S. The molecule has 8 heteroatoms. The van der Waals surface area contributed by atoms with Gasteiger partial charge < -0.3 is 15.5 Å². The fourth-order valence-corrected chi connectivity index (χ4v) is 5.13. The van der Waals surface area contributed by atoms with Crippen LogP contribution in [0.25, 0.3) is 0 Å². The number of aromatic nitrogens is 3. The minimum atomic E-state index is -0.442. The van der Waals surface area contributed by atoms with Crippen LogP contribution in [0.4, 0.5) is 5.69 Å². The Kier molecular flexibility index (Phi) is 6.72. The van der Waals surface area contributed by atoms with Gasteiger partial charge in [0.2, 0.25) is 11.1 Å². The summed E-state index contributed by atoms with van der Waals surface area (Å²) in [5, 5.41) is 12.0. The van der Waals surface area contributed by atoms with Gasteiger partial charge in [-0.1, -0.05) is 84.9 Å². The number of fused-ring (bicyclic) bond motifs is 1. The van der Waals surface area contributed by atoms with Crippen molar-refractivity contribution >= 4 is 23.4 Å². The molecule has 1 aliphatic heterocycles. The molecule has 2 unspecified atom stereocenters. The molecule has 0 spiro atoms. The highest BCUT2D eigenvalue weighted by atomic mass is 32.2. The van der Waals surface area contributed by atoms with Gasteiger partial charge in [-0.2, -0.15) is 0 Å². The second-order valence-electron chi connectivity index (χ2n) is 8.39. The Hall–Kier alpha value is -3.78. The second-order valence-corrected chi connectivity index (χ2v) is 9.50. The van der Waals surface area contributed by atoms with Crippen LogP contribution < -0.4 is 15.5 Å². The van der Waals surface area contributed by atoms with Crippen molar-refractivity contribution in [1.82, 2.24) is 14.9 Å². The normalized spacial score (nSPS) is 16.7. The first-order valence-electron chi connectivity index (χ1n) is 11.6. The summed E-state index contributed by atoms with van der Waals surface area (Å²) in [5.74, 6) is 1.32. The number of para-hydroxylation sites is 2. The molecule has 1 aromatic heterocycles. The average molecular weight is 486 g/mol. The molecule has 0 saturated heterocycles. The first-order chi connectivity index (χ1) is 17.1. The van der Waals surface area contributed by atoms with Crippen LogP contribution in [0.5, 0.6) is 5.75 Å². The molecule has 3 aromatic carbocycles. The van der Waals surface area contributed by atoms with Crippen molar-refractivity contribution in [3.05, 3.63) is 101 Å². The largest absolute Gasteiger partial charge is 0.486 e. The molecule has 0 fully saturated rings. The van der Waals surface area contributed by atoms with Gasteiger partial charge in [0.15, 0.2) is 5.82 Å². The number of nitrogens with zero attached hydrogens (tertiary/aromatic N) is 3. The summed E-state index contributed by atoms with van der Waals surface area (Å²) in [6.45, 7) is 4.39. The Labute approximate surface area is 208 Å². The number of rotatable bonds is 7. The van der Waals surface area contributed by atoms with Crippen molar-refractivity contribution in [2.75, 3.05) is 10.7 Å². The minimum Gasteiger partial charge on any atom is -0.486 e. The molecule has 0 radical (unpaired) electrons. The van der Waals surface area contributed by atoms with E-state index in [0.717, 1.165) is 34.5 Å². The van der Waals surface area contributed by atoms with Gasteiger partial charge in [0.25, 0.3) is 0 Å². The standard InChI is InChI=1S/C27H27N5O2S/c1-3-19-9-7-8-12-22(19)28-26(33)25-24(20-15-13-18(2)14-16-20)31-32-23(29-30-27(32)35-25)17-34-21-10-5-4-6-11-21/h4-16,24-25,31H,3,17H2,1-2H3,(H,28,33). The number of nitrogens with one attached hydrogen (secondary N) is 2. The lowest BCUT2D eigenvalue weighted by atomic mass is 10.0. The third-order valence-corrected chi connectivity index (χ3v) is 7.18. The summed E-state index contributed by atoms with van der Waals surface area (Å²) >= 11 is 1.41. The highest BCUT2D eigenvalue weighted by Crippen LogP contribution is 2.38.